The van der Waals surface area contributed by atoms with Gasteiger partial charge in [0.15, 0.2) is 0 Å². The summed E-state index contributed by atoms with van der Waals surface area (Å²) in [6.45, 7) is 2.61. The van der Waals surface area contributed by atoms with E-state index in [-0.39, 0.29) is 0 Å². The van der Waals surface area contributed by atoms with Gasteiger partial charge in [0, 0.05) is 0 Å². The maximum absolute atomic E-state index is 10.6. The molecule has 0 rings (SSSR count). The zero-order valence-electron chi connectivity index (χ0n) is 5.82. The Morgan fingerprint density at radius 1 is 1.56 bits per heavy atom. The fraction of sp³-hybridized carbons (Fsp3) is 1.00. The van der Waals surface area contributed by atoms with Crippen molar-refractivity contribution in [3.63, 3.8) is 0 Å². The molecule has 0 aliphatic heterocycles. The number of alkyl halides is 2. The second-order valence-corrected chi connectivity index (χ2v) is 1.33. The molecule has 0 saturated carbocycles. The van der Waals surface area contributed by atoms with Crippen molar-refractivity contribution in [2.24, 2.45) is 5.73 Å². The van der Waals surface area contributed by atoms with Gasteiger partial charge in [-0.05, 0) is 13.6 Å². The molecule has 0 atom stereocenters. The van der Waals surface area contributed by atoms with Gasteiger partial charge in [-0.25, -0.2) is 8.78 Å². The summed E-state index contributed by atoms with van der Waals surface area (Å²) in [5.41, 5.74) is 4.42. The summed E-state index contributed by atoms with van der Waals surface area (Å²) in [7, 11) is 1.93. The van der Waals surface area contributed by atoms with Crippen molar-refractivity contribution in [2.75, 3.05) is 20.1 Å². The third-order valence-electron chi connectivity index (χ3n) is 0.532. The average molecular weight is 140 g/mol. The van der Waals surface area contributed by atoms with Crippen LogP contribution in [0.1, 0.15) is 6.92 Å². The lowest BCUT2D eigenvalue weighted by Crippen LogP contribution is -2.08. The van der Waals surface area contributed by atoms with Crippen LogP contribution in [0.5, 0.6) is 0 Å². The molecule has 0 aromatic carbocycles. The molecule has 0 unspecified atom stereocenters. The van der Waals surface area contributed by atoms with E-state index in [1.807, 2.05) is 7.05 Å². The predicted octanol–water partition coefficient (Wildman–Crippen LogP) is 0.436. The Balaban J connectivity index is 0. The smallest absolute Gasteiger partial charge is 0.250 e. The largest absolute Gasteiger partial charge is 0.325 e. The molecule has 0 heterocycles. The van der Waals surface area contributed by atoms with Gasteiger partial charge >= 0.3 is 0 Å². The molecule has 0 bridgehead atoms. The van der Waals surface area contributed by atoms with E-state index in [0.717, 1.165) is 6.54 Å². The van der Waals surface area contributed by atoms with E-state index in [0.29, 0.717) is 0 Å². The Labute approximate surface area is 54.4 Å². The number of hydrogen-bond acceptors (Lipinski definition) is 2. The number of nitrogens with two attached hydrogens (primary N) is 1. The van der Waals surface area contributed by atoms with E-state index in [9.17, 15) is 8.78 Å². The van der Waals surface area contributed by atoms with Gasteiger partial charge in [0.1, 0.15) is 0 Å². The maximum Gasteiger partial charge on any atom is 0.250 e. The van der Waals surface area contributed by atoms with Gasteiger partial charge in [0.05, 0.1) is 6.54 Å². The molecule has 0 radical (unpaired) electrons. The van der Waals surface area contributed by atoms with Crippen LogP contribution in [0, 0.1) is 0 Å². The van der Waals surface area contributed by atoms with Crippen LogP contribution in [-0.2, 0) is 0 Å². The summed E-state index contributed by atoms with van der Waals surface area (Å²) in [6.07, 6.45) is -2.34. The molecule has 2 nitrogen and oxygen atoms in total. The van der Waals surface area contributed by atoms with E-state index in [1.54, 1.807) is 0 Å². The molecule has 0 aromatic rings. The zero-order valence-corrected chi connectivity index (χ0v) is 5.82. The highest BCUT2D eigenvalue weighted by atomic mass is 19.3. The summed E-state index contributed by atoms with van der Waals surface area (Å²) >= 11 is 0. The lowest BCUT2D eigenvalue weighted by molar-refractivity contribution is 0.158. The number of rotatable bonds is 2. The highest BCUT2D eigenvalue weighted by molar-refractivity contribution is 4.30. The van der Waals surface area contributed by atoms with Gasteiger partial charge in [-0.15, -0.1) is 0 Å². The van der Waals surface area contributed by atoms with Gasteiger partial charge in [-0.2, -0.15) is 0 Å². The molecule has 0 amide bonds. The number of halogens is 2. The minimum absolute atomic E-state index is 0.528. The molecule has 0 saturated heterocycles. The van der Waals surface area contributed by atoms with Gasteiger partial charge in [-0.3, -0.25) is 0 Å². The number of nitrogens with one attached hydrogen (secondary N) is 1. The van der Waals surface area contributed by atoms with Crippen molar-refractivity contribution in [3.8, 4) is 0 Å². The third-order valence-corrected chi connectivity index (χ3v) is 0.532. The highest BCUT2D eigenvalue weighted by Crippen LogP contribution is 1.82. The summed E-state index contributed by atoms with van der Waals surface area (Å²) in [5, 5.41) is 2.93. The highest BCUT2D eigenvalue weighted by Gasteiger charge is 1.91. The van der Waals surface area contributed by atoms with Crippen LogP contribution < -0.4 is 11.1 Å². The maximum atomic E-state index is 10.6. The van der Waals surface area contributed by atoms with E-state index in [1.165, 1.54) is 0 Å². The van der Waals surface area contributed by atoms with Crippen LogP contribution in [0.25, 0.3) is 0 Å². The Bertz CT molecular complexity index is 39.9. The Morgan fingerprint density at radius 3 is 1.78 bits per heavy atom. The average Bonchev–Trinajstić information content (AvgIpc) is 1.89. The molecule has 58 valence electrons. The second-order valence-electron chi connectivity index (χ2n) is 1.33. The standard InChI is InChI=1S/C3H9N.C2H5F2N/c1-3-4-2;3-2(4)1-5/h4H,3H2,1-2H3;2H,1,5H2. The topological polar surface area (TPSA) is 38.0 Å². The molecule has 0 aliphatic rings. The molecule has 9 heavy (non-hydrogen) atoms. The van der Waals surface area contributed by atoms with Gasteiger partial charge < -0.3 is 11.1 Å². The molecular weight excluding hydrogens is 126 g/mol. The van der Waals surface area contributed by atoms with E-state index >= 15 is 0 Å². The van der Waals surface area contributed by atoms with Crippen LogP contribution in [0.3, 0.4) is 0 Å². The Morgan fingerprint density at radius 2 is 1.78 bits per heavy atom. The quantitative estimate of drug-likeness (QED) is 0.584. The Kier molecular flexibility index (Phi) is 13.8. The van der Waals surface area contributed by atoms with Crippen molar-refractivity contribution in [1.29, 1.82) is 0 Å². The number of hydrogen-bond donors (Lipinski definition) is 2. The van der Waals surface area contributed by atoms with Crippen LogP contribution in [0.15, 0.2) is 0 Å². The van der Waals surface area contributed by atoms with Crippen molar-refractivity contribution in [2.45, 2.75) is 13.3 Å². The molecule has 0 fully saturated rings. The van der Waals surface area contributed by atoms with Crippen molar-refractivity contribution < 1.29 is 8.78 Å². The summed E-state index contributed by atoms with van der Waals surface area (Å²) in [5.74, 6) is 0. The molecule has 4 heteroatoms. The first-order valence-electron chi connectivity index (χ1n) is 2.81. The summed E-state index contributed by atoms with van der Waals surface area (Å²) in [4.78, 5) is 0. The summed E-state index contributed by atoms with van der Waals surface area (Å²) < 4.78 is 21.3. The first-order chi connectivity index (χ1) is 4.18. The molecular formula is C5H14F2N2. The van der Waals surface area contributed by atoms with Crippen molar-refractivity contribution in [1.82, 2.24) is 5.32 Å². The first-order valence-corrected chi connectivity index (χ1v) is 2.81. The monoisotopic (exact) mass is 140 g/mol. The van der Waals surface area contributed by atoms with Gasteiger partial charge in [0.25, 0.3) is 6.43 Å². The Hall–Kier alpha value is -0.220. The lowest BCUT2D eigenvalue weighted by Gasteiger charge is -1.82. The summed E-state index contributed by atoms with van der Waals surface area (Å²) in [6, 6.07) is 0. The predicted molar refractivity (Wildman–Crippen MR) is 34.7 cm³/mol. The molecule has 3 N–H and O–H groups in total. The fourth-order valence-corrected chi connectivity index (χ4v) is 0. The van der Waals surface area contributed by atoms with Crippen LogP contribution in [0.2, 0.25) is 0 Å². The minimum Gasteiger partial charge on any atom is -0.325 e. The molecule has 0 aliphatic carbocycles. The molecule has 0 aromatic heterocycles. The van der Waals surface area contributed by atoms with Crippen LogP contribution in [0.4, 0.5) is 8.78 Å². The van der Waals surface area contributed by atoms with Crippen LogP contribution >= 0.6 is 0 Å². The van der Waals surface area contributed by atoms with Crippen LogP contribution in [-0.4, -0.2) is 26.6 Å². The fourth-order valence-electron chi connectivity index (χ4n) is 0. The van der Waals surface area contributed by atoms with Crippen molar-refractivity contribution in [3.05, 3.63) is 0 Å². The normalized spacial score (nSPS) is 8.67. The zero-order chi connectivity index (χ0) is 7.70. The first kappa shape index (κ1) is 11.6. The van der Waals surface area contributed by atoms with E-state index in [4.69, 9.17) is 0 Å². The lowest BCUT2D eigenvalue weighted by atomic mass is 10.7. The third kappa shape index (κ3) is 33.6. The second kappa shape index (κ2) is 10.7. The van der Waals surface area contributed by atoms with Gasteiger partial charge in [0.2, 0.25) is 0 Å². The molecule has 0 spiro atoms. The van der Waals surface area contributed by atoms with Gasteiger partial charge in [-0.1, -0.05) is 6.92 Å². The minimum atomic E-state index is -2.34. The van der Waals surface area contributed by atoms with E-state index in [2.05, 4.69) is 18.0 Å². The SMILES string of the molecule is CCNC.NCC(F)F. The van der Waals surface area contributed by atoms with E-state index < -0.39 is 13.0 Å². The van der Waals surface area contributed by atoms with Crippen molar-refractivity contribution >= 4 is 0 Å².